The molecule has 1 aliphatic heterocycles. The van der Waals surface area contributed by atoms with Crippen molar-refractivity contribution in [2.75, 3.05) is 29.9 Å². The highest BCUT2D eigenvalue weighted by atomic mass is 16.2. The normalized spacial score (nSPS) is 18.3. The molecule has 2 rings (SSSR count). The summed E-state index contributed by atoms with van der Waals surface area (Å²) in [5.41, 5.74) is 2.07. The SMILES string of the molecule is CCN(CC)c1ccc(NC(=O)[C@@H]2CCCN2)cc1. The van der Waals surface area contributed by atoms with Crippen LogP contribution in [0.25, 0.3) is 0 Å². The quantitative estimate of drug-likeness (QED) is 0.854. The van der Waals surface area contributed by atoms with E-state index in [1.54, 1.807) is 0 Å². The molecule has 1 aromatic rings. The number of hydrogen-bond donors (Lipinski definition) is 2. The lowest BCUT2D eigenvalue weighted by Gasteiger charge is -2.21. The van der Waals surface area contributed by atoms with Crippen LogP contribution in [0.4, 0.5) is 11.4 Å². The second-order valence-corrected chi connectivity index (χ2v) is 4.86. The van der Waals surface area contributed by atoms with Crippen molar-refractivity contribution in [3.63, 3.8) is 0 Å². The van der Waals surface area contributed by atoms with Crippen molar-refractivity contribution in [2.45, 2.75) is 32.7 Å². The van der Waals surface area contributed by atoms with E-state index in [1.165, 1.54) is 5.69 Å². The van der Waals surface area contributed by atoms with Gasteiger partial charge in [0.1, 0.15) is 0 Å². The summed E-state index contributed by atoms with van der Waals surface area (Å²) in [6, 6.07) is 8.04. The molecule has 2 N–H and O–H groups in total. The minimum absolute atomic E-state index is 0.0255. The van der Waals surface area contributed by atoms with Gasteiger partial charge in [-0.2, -0.15) is 0 Å². The monoisotopic (exact) mass is 261 g/mol. The van der Waals surface area contributed by atoms with E-state index in [2.05, 4.69) is 41.5 Å². The fourth-order valence-corrected chi connectivity index (χ4v) is 2.48. The number of nitrogens with one attached hydrogen (secondary N) is 2. The fraction of sp³-hybridized carbons (Fsp3) is 0.533. The first kappa shape index (κ1) is 13.9. The molecule has 1 saturated heterocycles. The van der Waals surface area contributed by atoms with Gasteiger partial charge in [-0.05, 0) is 57.5 Å². The predicted molar refractivity (Wildman–Crippen MR) is 79.7 cm³/mol. The molecule has 0 unspecified atom stereocenters. The Balaban J connectivity index is 1.96. The molecule has 0 aliphatic carbocycles. The third-order valence-corrected chi connectivity index (χ3v) is 3.64. The number of amides is 1. The molecular formula is C15H23N3O. The maximum atomic E-state index is 12.0. The Kier molecular flexibility index (Phi) is 4.80. The van der Waals surface area contributed by atoms with Crippen molar-refractivity contribution in [3.05, 3.63) is 24.3 Å². The second kappa shape index (κ2) is 6.57. The van der Waals surface area contributed by atoms with Gasteiger partial charge in [0.2, 0.25) is 5.91 Å². The molecule has 0 radical (unpaired) electrons. The maximum Gasteiger partial charge on any atom is 0.241 e. The van der Waals surface area contributed by atoms with E-state index in [0.29, 0.717) is 0 Å². The third-order valence-electron chi connectivity index (χ3n) is 3.64. The number of nitrogens with zero attached hydrogens (tertiary/aromatic N) is 1. The Bertz CT molecular complexity index is 406. The van der Waals surface area contributed by atoms with Gasteiger partial charge in [-0.1, -0.05) is 0 Å². The highest BCUT2D eigenvalue weighted by molar-refractivity contribution is 5.95. The summed E-state index contributed by atoms with van der Waals surface area (Å²) < 4.78 is 0. The van der Waals surface area contributed by atoms with Crippen molar-refractivity contribution in [2.24, 2.45) is 0 Å². The molecule has 1 atom stereocenters. The van der Waals surface area contributed by atoms with Crippen LogP contribution in [0.5, 0.6) is 0 Å². The summed E-state index contributed by atoms with van der Waals surface area (Å²) in [5, 5.41) is 6.17. The van der Waals surface area contributed by atoms with E-state index in [1.807, 2.05) is 12.1 Å². The van der Waals surface area contributed by atoms with E-state index in [0.717, 1.165) is 38.2 Å². The molecule has 0 bridgehead atoms. The van der Waals surface area contributed by atoms with Gasteiger partial charge >= 0.3 is 0 Å². The molecule has 4 heteroatoms. The molecule has 104 valence electrons. The first-order valence-electron chi connectivity index (χ1n) is 7.13. The average molecular weight is 261 g/mol. The van der Waals surface area contributed by atoms with Crippen molar-refractivity contribution < 1.29 is 4.79 Å². The summed E-state index contributed by atoms with van der Waals surface area (Å²) in [4.78, 5) is 14.2. The number of carbonyl (C=O) groups is 1. The highest BCUT2D eigenvalue weighted by Crippen LogP contribution is 2.18. The molecule has 1 aromatic carbocycles. The molecule has 1 heterocycles. The molecule has 0 saturated carbocycles. The van der Waals surface area contributed by atoms with Crippen LogP contribution in [0.15, 0.2) is 24.3 Å². The minimum atomic E-state index is -0.0255. The van der Waals surface area contributed by atoms with Gasteiger partial charge in [-0.25, -0.2) is 0 Å². The molecule has 4 nitrogen and oxygen atoms in total. The van der Waals surface area contributed by atoms with Crippen LogP contribution in [0.1, 0.15) is 26.7 Å². The summed E-state index contributed by atoms with van der Waals surface area (Å²) in [7, 11) is 0. The molecular weight excluding hydrogens is 238 g/mol. The smallest absolute Gasteiger partial charge is 0.241 e. The topological polar surface area (TPSA) is 44.4 Å². The largest absolute Gasteiger partial charge is 0.372 e. The predicted octanol–water partition coefficient (Wildman–Crippen LogP) is 2.22. The van der Waals surface area contributed by atoms with E-state index in [9.17, 15) is 4.79 Å². The number of hydrogen-bond acceptors (Lipinski definition) is 3. The zero-order chi connectivity index (χ0) is 13.7. The van der Waals surface area contributed by atoms with Crippen molar-refractivity contribution in [3.8, 4) is 0 Å². The van der Waals surface area contributed by atoms with Crippen molar-refractivity contribution in [1.29, 1.82) is 0 Å². The van der Waals surface area contributed by atoms with Gasteiger partial charge in [0.25, 0.3) is 0 Å². The lowest BCUT2D eigenvalue weighted by Crippen LogP contribution is -2.35. The first-order valence-corrected chi connectivity index (χ1v) is 7.13. The van der Waals surface area contributed by atoms with E-state index < -0.39 is 0 Å². The van der Waals surface area contributed by atoms with Crippen LogP contribution in [0, 0.1) is 0 Å². The third kappa shape index (κ3) is 3.47. The molecule has 1 aliphatic rings. The van der Waals surface area contributed by atoms with Gasteiger partial charge < -0.3 is 15.5 Å². The van der Waals surface area contributed by atoms with Crippen LogP contribution in [-0.2, 0) is 4.79 Å². The van der Waals surface area contributed by atoms with Crippen LogP contribution in [0.2, 0.25) is 0 Å². The summed E-state index contributed by atoms with van der Waals surface area (Å²) in [6.45, 7) is 7.22. The van der Waals surface area contributed by atoms with Gasteiger partial charge in [-0.15, -0.1) is 0 Å². The molecule has 19 heavy (non-hydrogen) atoms. The first-order chi connectivity index (χ1) is 9.24. The lowest BCUT2D eigenvalue weighted by atomic mass is 10.2. The van der Waals surface area contributed by atoms with Crippen LogP contribution in [-0.4, -0.2) is 31.6 Å². The Morgan fingerprint density at radius 2 is 2.00 bits per heavy atom. The standard InChI is InChI=1S/C15H23N3O/c1-3-18(4-2)13-9-7-12(8-10-13)17-15(19)14-6-5-11-16-14/h7-10,14,16H,3-6,11H2,1-2H3,(H,17,19)/t14-/m0/s1. The molecule has 0 spiro atoms. The zero-order valence-electron chi connectivity index (χ0n) is 11.8. The lowest BCUT2D eigenvalue weighted by molar-refractivity contribution is -0.117. The Hall–Kier alpha value is -1.55. The molecule has 1 fully saturated rings. The van der Waals surface area contributed by atoms with Crippen LogP contribution >= 0.6 is 0 Å². The summed E-state index contributed by atoms with van der Waals surface area (Å²) in [6.07, 6.45) is 2.02. The average Bonchev–Trinajstić information content (AvgIpc) is 2.96. The van der Waals surface area contributed by atoms with Crippen molar-refractivity contribution in [1.82, 2.24) is 5.32 Å². The highest BCUT2D eigenvalue weighted by Gasteiger charge is 2.21. The van der Waals surface area contributed by atoms with E-state index >= 15 is 0 Å². The van der Waals surface area contributed by atoms with Gasteiger partial charge in [0.05, 0.1) is 6.04 Å². The Labute approximate surface area is 115 Å². The summed E-state index contributed by atoms with van der Waals surface area (Å²) >= 11 is 0. The number of benzene rings is 1. The van der Waals surface area contributed by atoms with Gasteiger partial charge in [-0.3, -0.25) is 4.79 Å². The molecule has 0 aromatic heterocycles. The van der Waals surface area contributed by atoms with E-state index in [-0.39, 0.29) is 11.9 Å². The maximum absolute atomic E-state index is 12.0. The number of anilines is 2. The minimum Gasteiger partial charge on any atom is -0.372 e. The molecule has 1 amide bonds. The fourth-order valence-electron chi connectivity index (χ4n) is 2.48. The van der Waals surface area contributed by atoms with Crippen LogP contribution in [0.3, 0.4) is 0 Å². The number of rotatable bonds is 5. The van der Waals surface area contributed by atoms with Crippen LogP contribution < -0.4 is 15.5 Å². The van der Waals surface area contributed by atoms with Gasteiger partial charge in [0.15, 0.2) is 0 Å². The second-order valence-electron chi connectivity index (χ2n) is 4.86. The number of carbonyl (C=O) groups excluding carboxylic acids is 1. The zero-order valence-corrected chi connectivity index (χ0v) is 11.8. The van der Waals surface area contributed by atoms with Gasteiger partial charge in [0, 0.05) is 24.5 Å². The summed E-state index contributed by atoms with van der Waals surface area (Å²) in [5.74, 6) is 0.0769. The Morgan fingerprint density at radius 3 is 2.53 bits per heavy atom. The van der Waals surface area contributed by atoms with E-state index in [4.69, 9.17) is 0 Å². The Morgan fingerprint density at radius 1 is 1.32 bits per heavy atom. The van der Waals surface area contributed by atoms with Crippen molar-refractivity contribution >= 4 is 17.3 Å².